The van der Waals surface area contributed by atoms with E-state index < -0.39 is 0 Å². The molecule has 2 heterocycles. The van der Waals surface area contributed by atoms with Gasteiger partial charge in [0.1, 0.15) is 5.65 Å². The summed E-state index contributed by atoms with van der Waals surface area (Å²) in [5.74, 6) is 0.782. The van der Waals surface area contributed by atoms with Gasteiger partial charge >= 0.3 is 5.97 Å². The van der Waals surface area contributed by atoms with Crippen molar-refractivity contribution in [2.45, 2.75) is 24.3 Å². The van der Waals surface area contributed by atoms with Crippen molar-refractivity contribution in [3.05, 3.63) is 66.5 Å². The number of esters is 1. The van der Waals surface area contributed by atoms with Gasteiger partial charge in [-0.3, -0.25) is 9.20 Å². The summed E-state index contributed by atoms with van der Waals surface area (Å²) in [6.45, 7) is 0.473. The molecular formula is C19H20N2O2S. The molecule has 0 aliphatic heterocycles. The number of aryl methyl sites for hydroxylation is 1. The highest BCUT2D eigenvalue weighted by molar-refractivity contribution is 7.99. The van der Waals surface area contributed by atoms with Crippen LogP contribution in [0.3, 0.4) is 0 Å². The Morgan fingerprint density at radius 1 is 1.12 bits per heavy atom. The number of carbonyl (C=O) groups excluding carboxylic acids is 1. The van der Waals surface area contributed by atoms with Crippen LogP contribution >= 0.6 is 11.8 Å². The standard InChI is InChI=1S/C19H20N2O2S/c22-19(11-10-16-6-2-1-3-7-16)23-14-5-15-24-18-9-4-8-17-20-12-13-21(17)18/h1-4,6-9,12-13H,5,10-11,14-15H2. The van der Waals surface area contributed by atoms with Crippen molar-refractivity contribution in [2.24, 2.45) is 0 Å². The average Bonchev–Trinajstić information content (AvgIpc) is 3.10. The largest absolute Gasteiger partial charge is 0.466 e. The number of hydrogen-bond acceptors (Lipinski definition) is 4. The summed E-state index contributed by atoms with van der Waals surface area (Å²) in [5, 5.41) is 1.15. The van der Waals surface area contributed by atoms with Crippen molar-refractivity contribution in [1.82, 2.24) is 9.38 Å². The molecule has 3 rings (SSSR count). The van der Waals surface area contributed by atoms with Crippen molar-refractivity contribution in [3.63, 3.8) is 0 Å². The number of carbonyl (C=O) groups is 1. The maximum atomic E-state index is 11.7. The number of aromatic nitrogens is 2. The monoisotopic (exact) mass is 340 g/mol. The zero-order chi connectivity index (χ0) is 16.6. The van der Waals surface area contributed by atoms with Crippen LogP contribution in [0.5, 0.6) is 0 Å². The summed E-state index contributed by atoms with van der Waals surface area (Å²) in [6, 6.07) is 16.1. The van der Waals surface area contributed by atoms with Gasteiger partial charge < -0.3 is 4.74 Å². The maximum absolute atomic E-state index is 11.7. The number of rotatable bonds is 8. The fraction of sp³-hybridized carbons (Fsp3) is 0.263. The Morgan fingerprint density at radius 3 is 2.88 bits per heavy atom. The van der Waals surface area contributed by atoms with Crippen LogP contribution in [0.4, 0.5) is 0 Å². The van der Waals surface area contributed by atoms with Crippen LogP contribution in [0.15, 0.2) is 66.0 Å². The van der Waals surface area contributed by atoms with Gasteiger partial charge in [0.25, 0.3) is 0 Å². The number of nitrogens with zero attached hydrogens (tertiary/aromatic N) is 2. The zero-order valence-corrected chi connectivity index (χ0v) is 14.2. The van der Waals surface area contributed by atoms with Crippen LogP contribution in [-0.2, 0) is 16.0 Å². The molecule has 2 aromatic heterocycles. The molecule has 1 aromatic carbocycles. The number of pyridine rings is 1. The van der Waals surface area contributed by atoms with E-state index >= 15 is 0 Å². The molecule has 0 aliphatic rings. The Labute approximate surface area is 145 Å². The number of ether oxygens (including phenoxy) is 1. The SMILES string of the molecule is O=C(CCc1ccccc1)OCCCSc1cccc2nccn12. The fourth-order valence-corrected chi connectivity index (χ4v) is 3.36. The van der Waals surface area contributed by atoms with E-state index in [1.807, 2.05) is 48.7 Å². The van der Waals surface area contributed by atoms with Gasteiger partial charge in [-0.2, -0.15) is 0 Å². The minimum Gasteiger partial charge on any atom is -0.466 e. The van der Waals surface area contributed by atoms with E-state index in [9.17, 15) is 4.79 Å². The molecule has 0 spiro atoms. The van der Waals surface area contributed by atoms with Gasteiger partial charge in [-0.15, -0.1) is 11.8 Å². The first kappa shape index (κ1) is 16.6. The minimum atomic E-state index is -0.124. The van der Waals surface area contributed by atoms with Crippen molar-refractivity contribution in [2.75, 3.05) is 12.4 Å². The minimum absolute atomic E-state index is 0.124. The molecule has 0 unspecified atom stereocenters. The van der Waals surface area contributed by atoms with Gasteiger partial charge in [0, 0.05) is 24.6 Å². The molecule has 0 saturated heterocycles. The zero-order valence-electron chi connectivity index (χ0n) is 13.4. The molecule has 4 nitrogen and oxygen atoms in total. The Kier molecular flexibility index (Phi) is 5.90. The van der Waals surface area contributed by atoms with Gasteiger partial charge in [0.15, 0.2) is 0 Å². The average molecular weight is 340 g/mol. The Bertz CT molecular complexity index is 786. The molecule has 0 amide bonds. The molecule has 0 atom stereocenters. The predicted molar refractivity (Wildman–Crippen MR) is 96.3 cm³/mol. The third-order valence-corrected chi connectivity index (χ3v) is 4.77. The number of thioether (sulfide) groups is 1. The van der Waals surface area contributed by atoms with E-state index in [1.54, 1.807) is 18.0 Å². The summed E-state index contributed by atoms with van der Waals surface area (Å²) in [5.41, 5.74) is 2.12. The van der Waals surface area contributed by atoms with E-state index in [2.05, 4.69) is 15.5 Å². The predicted octanol–water partition coefficient (Wildman–Crippen LogP) is 3.99. The Morgan fingerprint density at radius 2 is 2.00 bits per heavy atom. The summed E-state index contributed by atoms with van der Waals surface area (Å²) in [7, 11) is 0. The second-order valence-electron chi connectivity index (χ2n) is 5.43. The van der Waals surface area contributed by atoms with Gasteiger partial charge in [-0.05, 0) is 30.5 Å². The summed E-state index contributed by atoms with van der Waals surface area (Å²) < 4.78 is 7.37. The lowest BCUT2D eigenvalue weighted by Crippen LogP contribution is -2.07. The summed E-state index contributed by atoms with van der Waals surface area (Å²) >= 11 is 1.75. The topological polar surface area (TPSA) is 43.6 Å². The smallest absolute Gasteiger partial charge is 0.306 e. The van der Waals surface area contributed by atoms with Crippen LogP contribution in [0.1, 0.15) is 18.4 Å². The number of fused-ring (bicyclic) bond motifs is 1. The highest BCUT2D eigenvalue weighted by Crippen LogP contribution is 2.19. The van der Waals surface area contributed by atoms with Gasteiger partial charge in [-0.1, -0.05) is 36.4 Å². The molecule has 5 heteroatoms. The van der Waals surface area contributed by atoms with Crippen molar-refractivity contribution < 1.29 is 9.53 Å². The highest BCUT2D eigenvalue weighted by atomic mass is 32.2. The molecule has 0 aliphatic carbocycles. The summed E-state index contributed by atoms with van der Waals surface area (Å²) in [6.07, 6.45) is 5.77. The second-order valence-corrected chi connectivity index (χ2v) is 6.54. The highest BCUT2D eigenvalue weighted by Gasteiger charge is 2.04. The third kappa shape index (κ3) is 4.61. The molecule has 124 valence electrons. The van der Waals surface area contributed by atoms with E-state index in [1.165, 1.54) is 5.56 Å². The van der Waals surface area contributed by atoms with Crippen LogP contribution in [-0.4, -0.2) is 27.7 Å². The molecule has 0 radical (unpaired) electrons. The normalized spacial score (nSPS) is 10.8. The third-order valence-electron chi connectivity index (χ3n) is 3.65. The van der Waals surface area contributed by atoms with Crippen molar-refractivity contribution in [3.8, 4) is 0 Å². The molecule has 24 heavy (non-hydrogen) atoms. The van der Waals surface area contributed by atoms with Crippen LogP contribution in [0, 0.1) is 0 Å². The quantitative estimate of drug-likeness (QED) is 0.353. The van der Waals surface area contributed by atoms with Crippen molar-refractivity contribution >= 4 is 23.4 Å². The first-order valence-electron chi connectivity index (χ1n) is 8.07. The van der Waals surface area contributed by atoms with Gasteiger partial charge in [0.2, 0.25) is 0 Å². The maximum Gasteiger partial charge on any atom is 0.306 e. The molecule has 0 bridgehead atoms. The van der Waals surface area contributed by atoms with Crippen molar-refractivity contribution in [1.29, 1.82) is 0 Å². The van der Waals surface area contributed by atoms with E-state index in [4.69, 9.17) is 4.74 Å². The van der Waals surface area contributed by atoms with E-state index in [0.717, 1.165) is 29.3 Å². The number of hydrogen-bond donors (Lipinski definition) is 0. The number of imidazole rings is 1. The molecule has 0 saturated carbocycles. The number of benzene rings is 1. The molecule has 0 fully saturated rings. The van der Waals surface area contributed by atoms with E-state index in [-0.39, 0.29) is 5.97 Å². The molecular weight excluding hydrogens is 320 g/mol. The Hall–Kier alpha value is -2.27. The Balaban J connectivity index is 1.34. The van der Waals surface area contributed by atoms with Crippen LogP contribution in [0.25, 0.3) is 5.65 Å². The first-order valence-corrected chi connectivity index (χ1v) is 9.06. The van der Waals surface area contributed by atoms with Gasteiger partial charge in [-0.25, -0.2) is 4.98 Å². The van der Waals surface area contributed by atoms with Crippen LogP contribution < -0.4 is 0 Å². The second kappa shape index (κ2) is 8.55. The van der Waals surface area contributed by atoms with E-state index in [0.29, 0.717) is 13.0 Å². The fourth-order valence-electron chi connectivity index (χ4n) is 2.42. The molecule has 3 aromatic rings. The lowest BCUT2D eigenvalue weighted by Gasteiger charge is -2.06. The lowest BCUT2D eigenvalue weighted by molar-refractivity contribution is -0.143. The summed E-state index contributed by atoms with van der Waals surface area (Å²) in [4.78, 5) is 16.0. The van der Waals surface area contributed by atoms with Crippen LogP contribution in [0.2, 0.25) is 0 Å². The molecule has 0 N–H and O–H groups in total. The lowest BCUT2D eigenvalue weighted by atomic mass is 10.1. The first-order chi connectivity index (χ1) is 11.8. The van der Waals surface area contributed by atoms with Gasteiger partial charge in [0.05, 0.1) is 11.6 Å².